The van der Waals surface area contributed by atoms with Crippen LogP contribution in [0.5, 0.6) is 11.5 Å². The SMILES string of the molecule is [2H]C([2H])([2H])c1nnn(C)c1-c1cnc2c3c(S(C)(=O)=O)cc(OC)c(OC)c3n([C@H](c3ccccc3)C3CCOCC3)c2c1. The summed E-state index contributed by atoms with van der Waals surface area (Å²) in [5.41, 5.74) is 3.20. The summed E-state index contributed by atoms with van der Waals surface area (Å²) in [6.45, 7) is -1.33. The van der Waals surface area contributed by atoms with Gasteiger partial charge in [-0.3, -0.25) is 4.98 Å². The summed E-state index contributed by atoms with van der Waals surface area (Å²) in [4.78, 5) is 4.87. The van der Waals surface area contributed by atoms with Crippen LogP contribution in [0.25, 0.3) is 33.2 Å². The van der Waals surface area contributed by atoms with Crippen LogP contribution in [0.1, 0.15) is 34.3 Å². The molecular weight excluding hydrogens is 542 g/mol. The van der Waals surface area contributed by atoms with E-state index < -0.39 is 16.7 Å². The Hall–Kier alpha value is -3.96. The number of rotatable bonds is 7. The van der Waals surface area contributed by atoms with Crippen molar-refractivity contribution < 1.29 is 26.7 Å². The number of benzene rings is 2. The van der Waals surface area contributed by atoms with Gasteiger partial charge in [0.05, 0.1) is 53.1 Å². The Labute approximate surface area is 243 Å². The van der Waals surface area contributed by atoms with Gasteiger partial charge >= 0.3 is 0 Å². The lowest BCUT2D eigenvalue weighted by molar-refractivity contribution is 0.0552. The Bertz CT molecular complexity index is 1970. The maximum absolute atomic E-state index is 13.3. The molecule has 1 saturated heterocycles. The third kappa shape index (κ3) is 4.53. The first-order valence-corrected chi connectivity index (χ1v) is 15.2. The third-order valence-corrected chi connectivity index (χ3v) is 8.97. The molecule has 6 rings (SSSR count). The van der Waals surface area contributed by atoms with Gasteiger partial charge in [0, 0.05) is 53.8 Å². The second-order valence-corrected chi connectivity index (χ2v) is 12.3. The number of hydrogen-bond acceptors (Lipinski definition) is 8. The van der Waals surface area contributed by atoms with Crippen molar-refractivity contribution in [3.05, 3.63) is 59.9 Å². The van der Waals surface area contributed by atoms with E-state index in [1.165, 1.54) is 31.2 Å². The van der Waals surface area contributed by atoms with Crippen LogP contribution in [0.3, 0.4) is 0 Å². The summed E-state index contributed by atoms with van der Waals surface area (Å²) >= 11 is 0. The number of hydrogen-bond donors (Lipinski definition) is 0. The molecule has 1 fully saturated rings. The minimum absolute atomic E-state index is 0.0540. The van der Waals surface area contributed by atoms with Gasteiger partial charge in [0.2, 0.25) is 0 Å². The Morgan fingerprint density at radius 3 is 2.54 bits per heavy atom. The minimum Gasteiger partial charge on any atom is -0.493 e. The average molecular weight is 579 g/mol. The van der Waals surface area contributed by atoms with Crippen molar-refractivity contribution >= 4 is 31.8 Å². The number of methoxy groups -OCH3 is 2. The van der Waals surface area contributed by atoms with Crippen molar-refractivity contribution in [1.29, 1.82) is 0 Å². The molecule has 3 aromatic heterocycles. The van der Waals surface area contributed by atoms with Gasteiger partial charge in [0.1, 0.15) is 0 Å². The Kier molecular flexibility index (Phi) is 6.05. The number of pyridine rings is 1. The van der Waals surface area contributed by atoms with Gasteiger partial charge < -0.3 is 18.8 Å². The molecule has 0 spiro atoms. The predicted octanol–water partition coefficient (Wildman–Crippen LogP) is 4.73. The zero-order valence-corrected chi connectivity index (χ0v) is 24.1. The van der Waals surface area contributed by atoms with Crippen molar-refractivity contribution in [2.24, 2.45) is 13.0 Å². The Balaban J connectivity index is 1.82. The van der Waals surface area contributed by atoms with Crippen molar-refractivity contribution in [1.82, 2.24) is 24.5 Å². The van der Waals surface area contributed by atoms with E-state index in [0.717, 1.165) is 24.7 Å². The van der Waals surface area contributed by atoms with Crippen molar-refractivity contribution in [3.63, 3.8) is 0 Å². The van der Waals surface area contributed by atoms with Gasteiger partial charge in [-0.2, -0.15) is 0 Å². The monoisotopic (exact) mass is 578 g/mol. The molecular formula is C30H33N5O5S. The number of aromatic nitrogens is 5. The molecule has 1 aliphatic heterocycles. The summed E-state index contributed by atoms with van der Waals surface area (Å²) in [5.74, 6) is 0.749. The highest BCUT2D eigenvalue weighted by Gasteiger charge is 2.34. The zero-order chi connectivity index (χ0) is 31.4. The molecule has 0 unspecified atom stereocenters. The number of sulfone groups is 1. The van der Waals surface area contributed by atoms with Crippen molar-refractivity contribution in [2.75, 3.05) is 33.7 Å². The first-order valence-electron chi connectivity index (χ1n) is 14.8. The second-order valence-electron chi connectivity index (χ2n) is 10.3. The lowest BCUT2D eigenvalue weighted by atomic mass is 9.86. The highest BCUT2D eigenvalue weighted by molar-refractivity contribution is 7.91. The van der Waals surface area contributed by atoms with Crippen LogP contribution in [0, 0.1) is 12.8 Å². The van der Waals surface area contributed by atoms with E-state index in [1.54, 1.807) is 7.05 Å². The fraction of sp³-hybridized carbons (Fsp3) is 0.367. The molecule has 214 valence electrons. The lowest BCUT2D eigenvalue weighted by Gasteiger charge is -2.33. The van der Waals surface area contributed by atoms with Crippen LogP contribution in [0.15, 0.2) is 53.6 Å². The summed E-state index contributed by atoms with van der Waals surface area (Å²) in [7, 11) is 0.845. The molecule has 0 radical (unpaired) electrons. The summed E-state index contributed by atoms with van der Waals surface area (Å²) in [6.07, 6.45) is 4.24. The molecule has 0 saturated carbocycles. The average Bonchev–Trinajstić information content (AvgIpc) is 3.55. The molecule has 2 aromatic carbocycles. The fourth-order valence-corrected chi connectivity index (χ4v) is 6.95. The van der Waals surface area contributed by atoms with E-state index >= 15 is 0 Å². The van der Waals surface area contributed by atoms with Gasteiger partial charge in [-0.25, -0.2) is 13.1 Å². The quantitative estimate of drug-likeness (QED) is 0.273. The highest BCUT2D eigenvalue weighted by Crippen LogP contribution is 2.48. The zero-order valence-electron chi connectivity index (χ0n) is 26.3. The van der Waals surface area contributed by atoms with Crippen molar-refractivity contribution in [3.8, 4) is 22.8 Å². The van der Waals surface area contributed by atoms with Crippen LogP contribution >= 0.6 is 0 Å². The number of fused-ring (bicyclic) bond motifs is 3. The predicted molar refractivity (Wildman–Crippen MR) is 156 cm³/mol. The van der Waals surface area contributed by atoms with Gasteiger partial charge in [0.15, 0.2) is 21.3 Å². The molecule has 10 nitrogen and oxygen atoms in total. The largest absolute Gasteiger partial charge is 0.493 e. The number of aryl methyl sites for hydroxylation is 2. The maximum Gasteiger partial charge on any atom is 0.185 e. The molecule has 11 heteroatoms. The molecule has 0 amide bonds. The molecule has 0 bridgehead atoms. The van der Waals surface area contributed by atoms with E-state index in [4.69, 9.17) is 23.3 Å². The van der Waals surface area contributed by atoms with Crippen molar-refractivity contribution in [2.45, 2.75) is 30.6 Å². The number of ether oxygens (including phenoxy) is 3. The normalized spacial score (nSPS) is 16.8. The van der Waals surface area contributed by atoms with Crippen LogP contribution < -0.4 is 9.47 Å². The summed E-state index contributed by atoms with van der Waals surface area (Å²) in [5, 5.41) is 8.35. The first-order chi connectivity index (χ1) is 21.0. The lowest BCUT2D eigenvalue weighted by Crippen LogP contribution is -2.27. The fourth-order valence-electron chi connectivity index (χ4n) is 6.07. The van der Waals surface area contributed by atoms with Crippen LogP contribution in [0.4, 0.5) is 0 Å². The highest BCUT2D eigenvalue weighted by atomic mass is 32.2. The second kappa shape index (κ2) is 10.5. The molecule has 1 aliphatic rings. The topological polar surface area (TPSA) is 110 Å². The van der Waals surface area contributed by atoms with E-state index in [9.17, 15) is 8.42 Å². The van der Waals surface area contributed by atoms with Gasteiger partial charge in [0.25, 0.3) is 0 Å². The summed E-state index contributed by atoms with van der Waals surface area (Å²) < 4.78 is 71.7. The molecule has 41 heavy (non-hydrogen) atoms. The Morgan fingerprint density at radius 1 is 1.12 bits per heavy atom. The molecule has 5 aromatic rings. The molecule has 0 aliphatic carbocycles. The third-order valence-electron chi connectivity index (χ3n) is 7.84. The minimum atomic E-state index is -3.77. The Morgan fingerprint density at radius 2 is 1.88 bits per heavy atom. The standard InChI is InChI=1S/C30H33N5O5S/c1-18-27(34(2)33-32-18)21-15-22-26(31-17-21)25-24(41(5,36)37)16-23(38-3)30(39-4)29(25)35(22)28(19-9-7-6-8-10-19)20-11-13-40-14-12-20/h6-10,15-17,20,28H,11-14H2,1-5H3/t28-/m1/s1/i1D3. The van der Waals surface area contributed by atoms with Crippen LogP contribution in [-0.4, -0.2) is 66.7 Å². The number of nitrogens with zero attached hydrogens (tertiary/aromatic N) is 5. The molecule has 4 heterocycles. The van der Waals surface area contributed by atoms with Crippen LogP contribution in [0.2, 0.25) is 0 Å². The van der Waals surface area contributed by atoms with E-state index in [2.05, 4.69) is 27.0 Å². The van der Waals surface area contributed by atoms with Gasteiger partial charge in [-0.05, 0) is 37.2 Å². The van der Waals surface area contributed by atoms with E-state index in [-0.39, 0.29) is 28.3 Å². The van der Waals surface area contributed by atoms with E-state index in [1.807, 2.05) is 24.3 Å². The van der Waals surface area contributed by atoms with Gasteiger partial charge in [-0.15, -0.1) is 5.10 Å². The molecule has 0 N–H and O–H groups in total. The summed E-state index contributed by atoms with van der Waals surface area (Å²) in [6, 6.07) is 13.0. The van der Waals surface area contributed by atoms with Crippen LogP contribution in [-0.2, 0) is 21.6 Å². The van der Waals surface area contributed by atoms with E-state index in [0.29, 0.717) is 52.2 Å². The maximum atomic E-state index is 13.3. The first kappa shape index (κ1) is 23.7. The smallest absolute Gasteiger partial charge is 0.185 e. The van der Waals surface area contributed by atoms with Gasteiger partial charge in [-0.1, -0.05) is 35.5 Å². The molecule has 1 atom stereocenters.